The Bertz CT molecular complexity index is 881. The molecule has 0 aromatic heterocycles. The summed E-state index contributed by atoms with van der Waals surface area (Å²) >= 11 is 0. The third-order valence-electron chi connectivity index (χ3n) is 5.18. The maximum Gasteiger partial charge on any atom is 0.328 e. The summed E-state index contributed by atoms with van der Waals surface area (Å²) in [4.78, 5) is 27.1. The van der Waals surface area contributed by atoms with Gasteiger partial charge in [0.15, 0.2) is 11.5 Å². The molecule has 2 heterocycles. The molecular formula is C22H26N2O5. The summed E-state index contributed by atoms with van der Waals surface area (Å²) < 4.78 is 16.4. The van der Waals surface area contributed by atoms with Gasteiger partial charge in [0.25, 0.3) is 0 Å². The molecule has 4 bridgehead atoms. The van der Waals surface area contributed by atoms with Crippen LogP contribution in [0.3, 0.4) is 0 Å². The van der Waals surface area contributed by atoms with Crippen molar-refractivity contribution in [2.75, 3.05) is 28.3 Å². The summed E-state index contributed by atoms with van der Waals surface area (Å²) in [6.45, 7) is 0. The lowest BCUT2D eigenvalue weighted by molar-refractivity contribution is -0.152. The average Bonchev–Trinajstić information content (AvgIpc) is 2.75. The van der Waals surface area contributed by atoms with Crippen LogP contribution in [-0.2, 0) is 27.2 Å². The number of nitrogens with zero attached hydrogens (tertiary/aromatic N) is 1. The molecule has 154 valence electrons. The van der Waals surface area contributed by atoms with E-state index in [-0.39, 0.29) is 5.91 Å². The quantitative estimate of drug-likeness (QED) is 0.799. The SMILES string of the molecule is CN[C@H]1Cc2ccc(cc2)Oc2cc(ccc2OC)C[C@@H](C(=O)OC)N(C)C1=O. The van der Waals surface area contributed by atoms with Crippen LogP contribution in [0.1, 0.15) is 11.1 Å². The van der Waals surface area contributed by atoms with Crippen molar-refractivity contribution in [2.24, 2.45) is 0 Å². The summed E-state index contributed by atoms with van der Waals surface area (Å²) in [7, 11) is 6.26. The minimum Gasteiger partial charge on any atom is -0.493 e. The number of amides is 1. The van der Waals surface area contributed by atoms with E-state index in [1.807, 2.05) is 36.4 Å². The average molecular weight is 398 g/mol. The molecular weight excluding hydrogens is 372 g/mol. The zero-order valence-electron chi connectivity index (χ0n) is 17.1. The highest BCUT2D eigenvalue weighted by Gasteiger charge is 2.32. The van der Waals surface area contributed by atoms with Crippen LogP contribution in [0.2, 0.25) is 0 Å². The van der Waals surface area contributed by atoms with Gasteiger partial charge in [-0.25, -0.2) is 4.79 Å². The van der Waals surface area contributed by atoms with Gasteiger partial charge < -0.3 is 24.4 Å². The van der Waals surface area contributed by atoms with Crippen molar-refractivity contribution in [3.05, 3.63) is 53.6 Å². The Morgan fingerprint density at radius 1 is 1.10 bits per heavy atom. The molecule has 0 unspecified atom stereocenters. The van der Waals surface area contributed by atoms with Gasteiger partial charge in [0, 0.05) is 13.5 Å². The molecule has 0 spiro atoms. The van der Waals surface area contributed by atoms with Crippen molar-refractivity contribution >= 4 is 11.9 Å². The molecule has 1 amide bonds. The van der Waals surface area contributed by atoms with Gasteiger partial charge in [-0.1, -0.05) is 18.2 Å². The van der Waals surface area contributed by atoms with E-state index < -0.39 is 18.1 Å². The molecule has 2 atom stereocenters. The number of fused-ring (bicyclic) bond motifs is 7. The highest BCUT2D eigenvalue weighted by atomic mass is 16.5. The van der Waals surface area contributed by atoms with Crippen LogP contribution in [0.5, 0.6) is 17.2 Å². The van der Waals surface area contributed by atoms with Gasteiger partial charge in [-0.3, -0.25) is 4.79 Å². The van der Waals surface area contributed by atoms with E-state index in [1.54, 1.807) is 27.3 Å². The van der Waals surface area contributed by atoms with E-state index in [9.17, 15) is 9.59 Å². The highest BCUT2D eigenvalue weighted by molar-refractivity contribution is 5.87. The molecule has 2 aromatic carbocycles. The van der Waals surface area contributed by atoms with Gasteiger partial charge >= 0.3 is 5.97 Å². The normalized spacial score (nSPS) is 19.3. The van der Waals surface area contributed by atoms with Crippen molar-refractivity contribution in [1.82, 2.24) is 10.2 Å². The van der Waals surface area contributed by atoms with Crippen LogP contribution in [0, 0.1) is 0 Å². The monoisotopic (exact) mass is 398 g/mol. The van der Waals surface area contributed by atoms with Crippen LogP contribution in [0.15, 0.2) is 42.5 Å². The van der Waals surface area contributed by atoms with Crippen LogP contribution in [0.4, 0.5) is 0 Å². The second-order valence-corrected chi connectivity index (χ2v) is 6.97. The summed E-state index contributed by atoms with van der Waals surface area (Å²) in [6, 6.07) is 11.8. The van der Waals surface area contributed by atoms with Crippen molar-refractivity contribution in [2.45, 2.75) is 24.9 Å². The Morgan fingerprint density at radius 2 is 1.79 bits per heavy atom. The zero-order valence-corrected chi connectivity index (χ0v) is 17.1. The molecule has 0 fully saturated rings. The van der Waals surface area contributed by atoms with Crippen LogP contribution in [-0.4, -0.2) is 57.2 Å². The number of methoxy groups -OCH3 is 2. The first kappa shape index (κ1) is 20.7. The molecule has 0 radical (unpaired) electrons. The maximum atomic E-state index is 13.1. The van der Waals surface area contributed by atoms with E-state index in [2.05, 4.69) is 5.32 Å². The highest BCUT2D eigenvalue weighted by Crippen LogP contribution is 2.33. The Labute approximate surface area is 170 Å². The lowest BCUT2D eigenvalue weighted by atomic mass is 10.0. The van der Waals surface area contributed by atoms with Crippen molar-refractivity contribution in [1.29, 1.82) is 0 Å². The largest absolute Gasteiger partial charge is 0.493 e. The number of benzene rings is 2. The lowest BCUT2D eigenvalue weighted by Crippen LogP contribution is -2.52. The molecule has 7 nitrogen and oxygen atoms in total. The minimum absolute atomic E-state index is 0.172. The molecule has 29 heavy (non-hydrogen) atoms. The number of carbonyl (C=O) groups excluding carboxylic acids is 2. The van der Waals surface area contributed by atoms with Crippen molar-refractivity contribution in [3.8, 4) is 17.2 Å². The number of hydrogen-bond acceptors (Lipinski definition) is 6. The van der Waals surface area contributed by atoms with Gasteiger partial charge in [-0.2, -0.15) is 0 Å². The first-order valence-electron chi connectivity index (χ1n) is 9.42. The number of ether oxygens (including phenoxy) is 3. The fraction of sp³-hybridized carbons (Fsp3) is 0.364. The number of carbonyl (C=O) groups is 2. The summed E-state index contributed by atoms with van der Waals surface area (Å²) in [6.07, 6.45) is 0.783. The van der Waals surface area contributed by atoms with Gasteiger partial charge in [0.05, 0.1) is 20.3 Å². The minimum atomic E-state index is -0.756. The van der Waals surface area contributed by atoms with Crippen LogP contribution >= 0.6 is 0 Å². The number of hydrogen-bond donors (Lipinski definition) is 1. The van der Waals surface area contributed by atoms with Crippen molar-refractivity contribution < 1.29 is 23.8 Å². The van der Waals surface area contributed by atoms with E-state index >= 15 is 0 Å². The number of likely N-dealkylation sites (N-methyl/N-ethyl adjacent to an activating group) is 2. The molecule has 0 saturated heterocycles. The van der Waals surface area contributed by atoms with Gasteiger partial charge in [-0.05, 0) is 48.9 Å². The van der Waals surface area contributed by atoms with E-state index in [0.29, 0.717) is 30.1 Å². The molecule has 2 aromatic rings. The molecule has 2 aliphatic heterocycles. The summed E-state index contributed by atoms with van der Waals surface area (Å²) in [5, 5.41) is 3.06. The fourth-order valence-electron chi connectivity index (χ4n) is 3.43. The molecule has 1 N–H and O–H groups in total. The molecule has 7 heteroatoms. The molecule has 2 aliphatic rings. The van der Waals surface area contributed by atoms with E-state index in [0.717, 1.165) is 11.1 Å². The second-order valence-electron chi connectivity index (χ2n) is 6.97. The third-order valence-corrected chi connectivity index (χ3v) is 5.18. The standard InChI is InChI=1S/C22H26N2O5/c1-23-17-11-14-5-8-16(9-6-14)29-20-13-15(7-10-19(20)27-3)12-18(22(26)28-4)24(2)21(17)25/h5-10,13,17-18,23H,11-12H2,1-4H3/t17-,18-/m0/s1. The van der Waals surface area contributed by atoms with Gasteiger partial charge in [0.1, 0.15) is 11.8 Å². The lowest BCUT2D eigenvalue weighted by Gasteiger charge is -2.30. The smallest absolute Gasteiger partial charge is 0.328 e. The number of rotatable bonds is 3. The second kappa shape index (κ2) is 8.96. The number of esters is 1. The first-order chi connectivity index (χ1) is 14.0. The zero-order chi connectivity index (χ0) is 21.0. The predicted octanol–water partition coefficient (Wildman–Crippen LogP) is 2.17. The Morgan fingerprint density at radius 3 is 2.41 bits per heavy atom. The fourth-order valence-corrected chi connectivity index (χ4v) is 3.43. The third kappa shape index (κ3) is 4.51. The van der Waals surface area contributed by atoms with Gasteiger partial charge in [0.2, 0.25) is 5.91 Å². The van der Waals surface area contributed by atoms with E-state index in [1.165, 1.54) is 12.0 Å². The van der Waals surface area contributed by atoms with Crippen LogP contribution in [0.25, 0.3) is 0 Å². The molecule has 0 aliphatic carbocycles. The Kier molecular flexibility index (Phi) is 6.39. The summed E-state index contributed by atoms with van der Waals surface area (Å²) in [5.41, 5.74) is 1.80. The first-order valence-corrected chi connectivity index (χ1v) is 9.42. The van der Waals surface area contributed by atoms with Gasteiger partial charge in [-0.15, -0.1) is 0 Å². The van der Waals surface area contributed by atoms with E-state index in [4.69, 9.17) is 14.2 Å². The Balaban J connectivity index is 2.09. The number of nitrogens with one attached hydrogen (secondary N) is 1. The Hall–Kier alpha value is -3.06. The van der Waals surface area contributed by atoms with Crippen LogP contribution < -0.4 is 14.8 Å². The predicted molar refractivity (Wildman–Crippen MR) is 108 cm³/mol. The summed E-state index contributed by atoms with van der Waals surface area (Å²) in [5.74, 6) is 1.15. The van der Waals surface area contributed by atoms with Crippen molar-refractivity contribution in [3.63, 3.8) is 0 Å². The molecule has 4 rings (SSSR count). The maximum absolute atomic E-state index is 13.1. The molecule has 0 saturated carbocycles. The topological polar surface area (TPSA) is 77.1 Å².